The van der Waals surface area contributed by atoms with Gasteiger partial charge in [0, 0.05) is 11.3 Å². The van der Waals surface area contributed by atoms with Crippen LogP contribution in [-0.2, 0) is 0 Å². The summed E-state index contributed by atoms with van der Waals surface area (Å²) in [5.74, 6) is 0.114. The molecule has 1 amide bonds. The van der Waals surface area contributed by atoms with Gasteiger partial charge >= 0.3 is 0 Å². The van der Waals surface area contributed by atoms with Crippen LogP contribution in [0, 0.1) is 0 Å². The van der Waals surface area contributed by atoms with Crippen LogP contribution in [0.15, 0.2) is 5.38 Å². The summed E-state index contributed by atoms with van der Waals surface area (Å²) in [6.45, 7) is 7.77. The molecule has 1 atom stereocenters. The first-order valence-corrected chi connectivity index (χ1v) is 6.68. The van der Waals surface area contributed by atoms with Crippen LogP contribution >= 0.6 is 11.3 Å². The van der Waals surface area contributed by atoms with Gasteiger partial charge in [-0.15, -0.1) is 11.3 Å². The maximum absolute atomic E-state index is 11.9. The lowest BCUT2D eigenvalue weighted by Gasteiger charge is -2.26. The molecule has 0 spiro atoms. The molecular weight excluding hydrogens is 236 g/mol. The van der Waals surface area contributed by atoms with E-state index in [1.165, 1.54) is 11.3 Å². The van der Waals surface area contributed by atoms with E-state index in [-0.39, 0.29) is 12.5 Å². The topological polar surface area (TPSA) is 62.2 Å². The Kier molecular flexibility index (Phi) is 4.65. The molecule has 0 aliphatic heterocycles. The van der Waals surface area contributed by atoms with Crippen molar-refractivity contribution in [3.05, 3.63) is 16.1 Å². The number of carbonyl (C=O) groups is 1. The number of rotatable bonds is 5. The smallest absolute Gasteiger partial charge is 0.271 e. The Labute approximate surface area is 106 Å². The van der Waals surface area contributed by atoms with Crippen LogP contribution < -0.4 is 5.32 Å². The molecule has 0 aromatic carbocycles. The summed E-state index contributed by atoms with van der Waals surface area (Å²) in [4.78, 5) is 16.2. The van der Waals surface area contributed by atoms with Crippen molar-refractivity contribution < 1.29 is 9.90 Å². The number of nitrogens with one attached hydrogen (secondary N) is 1. The number of aliphatic hydroxyl groups is 1. The minimum Gasteiger partial charge on any atom is -0.394 e. The first-order chi connectivity index (χ1) is 7.91. The van der Waals surface area contributed by atoms with Gasteiger partial charge in [0.05, 0.1) is 17.2 Å². The summed E-state index contributed by atoms with van der Waals surface area (Å²) >= 11 is 1.49. The highest BCUT2D eigenvalue weighted by molar-refractivity contribution is 7.09. The van der Waals surface area contributed by atoms with Crippen molar-refractivity contribution in [2.75, 3.05) is 6.61 Å². The highest BCUT2D eigenvalue weighted by Crippen LogP contribution is 2.19. The van der Waals surface area contributed by atoms with Crippen LogP contribution in [0.2, 0.25) is 0 Å². The normalized spacial score (nSPS) is 14.7. The lowest BCUT2D eigenvalue weighted by Crippen LogP contribution is -2.48. The summed E-state index contributed by atoms with van der Waals surface area (Å²) in [7, 11) is 0. The van der Waals surface area contributed by atoms with Gasteiger partial charge in [-0.2, -0.15) is 0 Å². The third-order valence-electron chi connectivity index (χ3n) is 2.79. The minimum atomic E-state index is -0.571. The highest BCUT2D eigenvalue weighted by atomic mass is 32.1. The summed E-state index contributed by atoms with van der Waals surface area (Å²) in [5.41, 5.74) is -0.134. The standard InChI is InChI=1S/C12H20N2O2S/c1-5-12(4,7-15)14-10(16)9-6-17-11(13-9)8(2)3/h6,8,15H,5,7H2,1-4H3,(H,14,16)/t12-/m1/s1. The Morgan fingerprint density at radius 2 is 2.29 bits per heavy atom. The molecule has 17 heavy (non-hydrogen) atoms. The van der Waals surface area contributed by atoms with E-state index in [0.717, 1.165) is 5.01 Å². The molecule has 96 valence electrons. The second kappa shape index (κ2) is 5.60. The van der Waals surface area contributed by atoms with Gasteiger partial charge in [-0.25, -0.2) is 4.98 Å². The van der Waals surface area contributed by atoms with Crippen molar-refractivity contribution in [2.45, 2.75) is 45.6 Å². The Hall–Kier alpha value is -0.940. The van der Waals surface area contributed by atoms with E-state index >= 15 is 0 Å². The van der Waals surface area contributed by atoms with Gasteiger partial charge in [-0.05, 0) is 13.3 Å². The third-order valence-corrected chi connectivity index (χ3v) is 3.94. The van der Waals surface area contributed by atoms with E-state index in [2.05, 4.69) is 10.3 Å². The van der Waals surface area contributed by atoms with Gasteiger partial charge in [0.2, 0.25) is 0 Å². The first kappa shape index (κ1) is 14.1. The molecule has 0 bridgehead atoms. The molecule has 0 saturated heterocycles. The lowest BCUT2D eigenvalue weighted by atomic mass is 10.0. The molecule has 0 radical (unpaired) electrons. The van der Waals surface area contributed by atoms with Gasteiger partial charge < -0.3 is 10.4 Å². The number of thiazole rings is 1. The van der Waals surface area contributed by atoms with Gasteiger partial charge in [0.25, 0.3) is 5.91 Å². The molecule has 0 fully saturated rings. The maximum Gasteiger partial charge on any atom is 0.271 e. The van der Waals surface area contributed by atoms with E-state index < -0.39 is 5.54 Å². The zero-order valence-corrected chi connectivity index (χ0v) is 11.6. The van der Waals surface area contributed by atoms with Crippen LogP contribution in [0.25, 0.3) is 0 Å². The molecule has 1 aromatic heterocycles. The number of aliphatic hydroxyl groups excluding tert-OH is 1. The predicted molar refractivity (Wildman–Crippen MR) is 69.5 cm³/mol. The fourth-order valence-electron chi connectivity index (χ4n) is 1.23. The summed E-state index contributed by atoms with van der Waals surface area (Å²) < 4.78 is 0. The summed E-state index contributed by atoms with van der Waals surface area (Å²) in [6.07, 6.45) is 0.677. The van der Waals surface area contributed by atoms with Crippen molar-refractivity contribution in [1.82, 2.24) is 10.3 Å². The van der Waals surface area contributed by atoms with Gasteiger partial charge in [-0.1, -0.05) is 20.8 Å². The summed E-state index contributed by atoms with van der Waals surface area (Å²) in [5, 5.41) is 14.8. The quantitative estimate of drug-likeness (QED) is 0.848. The molecule has 0 aliphatic rings. The van der Waals surface area contributed by atoms with Gasteiger partial charge in [-0.3, -0.25) is 4.79 Å². The van der Waals surface area contributed by atoms with E-state index in [9.17, 15) is 9.90 Å². The second-order valence-corrected chi connectivity index (χ2v) is 5.64. The van der Waals surface area contributed by atoms with Crippen molar-refractivity contribution >= 4 is 17.2 Å². The summed E-state index contributed by atoms with van der Waals surface area (Å²) in [6, 6.07) is 0. The SMILES string of the molecule is CC[C@](C)(CO)NC(=O)c1csc(C(C)C)n1. The fraction of sp³-hybridized carbons (Fsp3) is 0.667. The Morgan fingerprint density at radius 1 is 1.65 bits per heavy atom. The number of amides is 1. The van der Waals surface area contributed by atoms with Crippen LogP contribution in [0.4, 0.5) is 0 Å². The van der Waals surface area contributed by atoms with Crippen molar-refractivity contribution in [1.29, 1.82) is 0 Å². The van der Waals surface area contributed by atoms with E-state index in [4.69, 9.17) is 0 Å². The molecule has 5 heteroatoms. The number of nitrogens with zero attached hydrogens (tertiary/aromatic N) is 1. The van der Waals surface area contributed by atoms with Crippen molar-refractivity contribution in [3.63, 3.8) is 0 Å². The molecule has 0 saturated carbocycles. The van der Waals surface area contributed by atoms with Crippen LogP contribution in [0.3, 0.4) is 0 Å². The van der Waals surface area contributed by atoms with Crippen LogP contribution in [-0.4, -0.2) is 28.1 Å². The Balaban J connectivity index is 2.76. The second-order valence-electron chi connectivity index (χ2n) is 4.75. The third kappa shape index (κ3) is 3.51. The molecule has 4 nitrogen and oxygen atoms in total. The van der Waals surface area contributed by atoms with Gasteiger partial charge in [0.15, 0.2) is 0 Å². The average Bonchev–Trinajstić information content (AvgIpc) is 2.78. The van der Waals surface area contributed by atoms with E-state index in [0.29, 0.717) is 18.0 Å². The molecule has 1 aromatic rings. The van der Waals surface area contributed by atoms with E-state index in [1.807, 2.05) is 27.7 Å². The number of carbonyl (C=O) groups excluding carboxylic acids is 1. The molecule has 0 unspecified atom stereocenters. The molecule has 1 heterocycles. The molecule has 1 rings (SSSR count). The lowest BCUT2D eigenvalue weighted by molar-refractivity contribution is 0.0843. The predicted octanol–water partition coefficient (Wildman–Crippen LogP) is 2.16. The molecule has 0 aliphatic carbocycles. The van der Waals surface area contributed by atoms with E-state index in [1.54, 1.807) is 5.38 Å². The first-order valence-electron chi connectivity index (χ1n) is 5.80. The highest BCUT2D eigenvalue weighted by Gasteiger charge is 2.25. The minimum absolute atomic E-state index is 0.0730. The molecule has 2 N–H and O–H groups in total. The van der Waals surface area contributed by atoms with Gasteiger partial charge in [0.1, 0.15) is 5.69 Å². The monoisotopic (exact) mass is 256 g/mol. The number of hydrogen-bond donors (Lipinski definition) is 2. The Morgan fingerprint density at radius 3 is 2.71 bits per heavy atom. The Bertz CT molecular complexity index is 384. The van der Waals surface area contributed by atoms with Crippen LogP contribution in [0.5, 0.6) is 0 Å². The zero-order chi connectivity index (χ0) is 13.1. The molecular formula is C12H20N2O2S. The van der Waals surface area contributed by atoms with Crippen LogP contribution in [0.1, 0.15) is 55.5 Å². The zero-order valence-electron chi connectivity index (χ0n) is 10.8. The average molecular weight is 256 g/mol. The van der Waals surface area contributed by atoms with Crippen molar-refractivity contribution in [3.8, 4) is 0 Å². The maximum atomic E-state index is 11.9. The van der Waals surface area contributed by atoms with Crippen molar-refractivity contribution in [2.24, 2.45) is 0 Å². The number of hydrogen-bond acceptors (Lipinski definition) is 4. The number of aromatic nitrogens is 1. The largest absolute Gasteiger partial charge is 0.394 e. The fourth-order valence-corrected chi connectivity index (χ4v) is 2.05.